The lowest BCUT2D eigenvalue weighted by Gasteiger charge is -2.32. The van der Waals surface area contributed by atoms with E-state index < -0.39 is 0 Å². The lowest BCUT2D eigenvalue weighted by Crippen LogP contribution is -2.45. The summed E-state index contributed by atoms with van der Waals surface area (Å²) in [5.74, 6) is 3.46. The molecule has 2 fully saturated rings. The van der Waals surface area contributed by atoms with Crippen LogP contribution in [0.25, 0.3) is 15.7 Å². The van der Waals surface area contributed by atoms with Gasteiger partial charge in [-0.25, -0.2) is 4.79 Å². The number of fused-ring (bicyclic) bond motifs is 1. The third-order valence-corrected chi connectivity index (χ3v) is 7.03. The van der Waals surface area contributed by atoms with E-state index in [9.17, 15) is 4.79 Å². The normalized spacial score (nSPS) is 20.3. The largest absolute Gasteiger partial charge is 0.314 e. The van der Waals surface area contributed by atoms with Crippen LogP contribution in [0.1, 0.15) is 37.7 Å². The molecule has 1 N–H and O–H groups in total. The van der Waals surface area contributed by atoms with Crippen LogP contribution in [-0.2, 0) is 4.79 Å². The molecule has 1 aromatic carbocycles. The summed E-state index contributed by atoms with van der Waals surface area (Å²) in [5.41, 5.74) is 2.03. The second-order valence-electron chi connectivity index (χ2n) is 7.79. The zero-order chi connectivity index (χ0) is 17.8. The minimum atomic E-state index is 0.298. The molecular formula is C22H28N2OS. The fraction of sp³-hybridized carbons (Fsp3) is 0.545. The maximum absolute atomic E-state index is 12.1. The molecule has 2 heterocycles. The Balaban J connectivity index is 1.62. The summed E-state index contributed by atoms with van der Waals surface area (Å²) in [6.07, 6.45) is 6.50. The predicted octanol–water partition coefficient (Wildman–Crippen LogP) is 4.22. The second-order valence-corrected chi connectivity index (χ2v) is 8.71. The second kappa shape index (κ2) is 8.49. The SMILES string of the molecule is O=C=C(c1csc2ccccc12)C(CC1CCCC1)CN1CCNCC1. The van der Waals surface area contributed by atoms with Crippen molar-refractivity contribution in [3.05, 3.63) is 35.2 Å². The average molecular weight is 369 g/mol. The zero-order valence-electron chi connectivity index (χ0n) is 15.4. The number of benzene rings is 1. The van der Waals surface area contributed by atoms with Gasteiger partial charge in [0.2, 0.25) is 0 Å². The van der Waals surface area contributed by atoms with Crippen LogP contribution in [0.5, 0.6) is 0 Å². The molecule has 1 atom stereocenters. The van der Waals surface area contributed by atoms with Crippen molar-refractivity contribution in [2.75, 3.05) is 32.7 Å². The van der Waals surface area contributed by atoms with Gasteiger partial charge in [-0.05, 0) is 18.4 Å². The molecule has 4 rings (SSSR count). The highest BCUT2D eigenvalue weighted by Crippen LogP contribution is 2.38. The van der Waals surface area contributed by atoms with Crippen molar-refractivity contribution in [3.8, 4) is 0 Å². The van der Waals surface area contributed by atoms with Gasteiger partial charge in [0.1, 0.15) is 5.94 Å². The lowest BCUT2D eigenvalue weighted by atomic mass is 9.84. The average Bonchev–Trinajstić information content (AvgIpc) is 3.34. The smallest absolute Gasteiger partial charge is 0.128 e. The summed E-state index contributed by atoms with van der Waals surface area (Å²) in [6.45, 7) is 5.26. The molecule has 26 heavy (non-hydrogen) atoms. The van der Waals surface area contributed by atoms with Gasteiger partial charge in [0.15, 0.2) is 0 Å². The molecule has 0 radical (unpaired) electrons. The molecule has 2 aromatic rings. The number of hydrogen-bond acceptors (Lipinski definition) is 4. The molecular weight excluding hydrogens is 340 g/mol. The molecule has 1 unspecified atom stereocenters. The van der Waals surface area contributed by atoms with Crippen molar-refractivity contribution in [3.63, 3.8) is 0 Å². The Labute approximate surface area is 160 Å². The van der Waals surface area contributed by atoms with Gasteiger partial charge in [-0.15, -0.1) is 11.3 Å². The number of hydrogen-bond donors (Lipinski definition) is 1. The van der Waals surface area contributed by atoms with Crippen LogP contribution in [0, 0.1) is 11.8 Å². The summed E-state index contributed by atoms with van der Waals surface area (Å²) >= 11 is 1.74. The van der Waals surface area contributed by atoms with Gasteiger partial charge in [-0.3, -0.25) is 0 Å². The highest BCUT2D eigenvalue weighted by Gasteiger charge is 2.28. The van der Waals surface area contributed by atoms with Crippen LogP contribution in [0.2, 0.25) is 0 Å². The van der Waals surface area contributed by atoms with Crippen molar-refractivity contribution < 1.29 is 4.79 Å². The Morgan fingerprint density at radius 2 is 2.00 bits per heavy atom. The summed E-state index contributed by atoms with van der Waals surface area (Å²) in [7, 11) is 0. The van der Waals surface area contributed by atoms with Crippen LogP contribution in [-0.4, -0.2) is 43.6 Å². The third-order valence-electron chi connectivity index (χ3n) is 6.07. The van der Waals surface area contributed by atoms with Crippen molar-refractivity contribution in [1.82, 2.24) is 10.2 Å². The summed E-state index contributed by atoms with van der Waals surface area (Å²) in [6, 6.07) is 8.44. The molecule has 1 saturated carbocycles. The summed E-state index contributed by atoms with van der Waals surface area (Å²) in [5, 5.41) is 6.82. The van der Waals surface area contributed by atoms with E-state index in [0.717, 1.165) is 56.2 Å². The minimum Gasteiger partial charge on any atom is -0.314 e. The Morgan fingerprint density at radius 3 is 2.77 bits per heavy atom. The molecule has 4 heteroatoms. The maximum Gasteiger partial charge on any atom is 0.128 e. The number of rotatable bonds is 6. The van der Waals surface area contributed by atoms with Gasteiger partial charge in [0.25, 0.3) is 0 Å². The topological polar surface area (TPSA) is 32.3 Å². The van der Waals surface area contributed by atoms with Gasteiger partial charge >= 0.3 is 0 Å². The molecule has 0 amide bonds. The van der Waals surface area contributed by atoms with E-state index in [2.05, 4.69) is 45.8 Å². The predicted molar refractivity (Wildman–Crippen MR) is 110 cm³/mol. The first-order valence-electron chi connectivity index (χ1n) is 10.00. The Hall–Kier alpha value is -1.45. The third kappa shape index (κ3) is 3.94. The van der Waals surface area contributed by atoms with Crippen LogP contribution >= 0.6 is 11.3 Å². The molecule has 0 bridgehead atoms. The van der Waals surface area contributed by atoms with Crippen molar-refractivity contribution in [2.45, 2.75) is 32.1 Å². The minimum absolute atomic E-state index is 0.298. The van der Waals surface area contributed by atoms with E-state index in [1.54, 1.807) is 11.3 Å². The molecule has 1 aliphatic carbocycles. The van der Waals surface area contributed by atoms with E-state index >= 15 is 0 Å². The van der Waals surface area contributed by atoms with Gasteiger partial charge in [-0.2, -0.15) is 0 Å². The quantitative estimate of drug-likeness (QED) is 0.775. The van der Waals surface area contributed by atoms with Crippen molar-refractivity contribution in [2.24, 2.45) is 11.8 Å². The van der Waals surface area contributed by atoms with Crippen LogP contribution in [0.4, 0.5) is 0 Å². The fourth-order valence-electron chi connectivity index (χ4n) is 4.68. The van der Waals surface area contributed by atoms with Crippen LogP contribution < -0.4 is 5.32 Å². The Kier molecular flexibility index (Phi) is 5.86. The Morgan fingerprint density at radius 1 is 1.23 bits per heavy atom. The van der Waals surface area contributed by atoms with E-state index in [0.29, 0.717) is 5.92 Å². The van der Waals surface area contributed by atoms with E-state index in [4.69, 9.17) is 0 Å². The van der Waals surface area contributed by atoms with Gasteiger partial charge in [0, 0.05) is 65.2 Å². The highest BCUT2D eigenvalue weighted by atomic mass is 32.1. The molecule has 1 aliphatic heterocycles. The fourth-order valence-corrected chi connectivity index (χ4v) is 5.64. The van der Waals surface area contributed by atoms with Gasteiger partial charge in [-0.1, -0.05) is 43.9 Å². The molecule has 1 aromatic heterocycles. The van der Waals surface area contributed by atoms with Crippen molar-refractivity contribution >= 4 is 32.9 Å². The first kappa shape index (κ1) is 17.9. The monoisotopic (exact) mass is 368 g/mol. The molecule has 2 aliphatic rings. The summed E-state index contributed by atoms with van der Waals surface area (Å²) < 4.78 is 1.26. The number of carbonyl (C=O) groups excluding carboxylic acids is 1. The first-order chi connectivity index (χ1) is 12.8. The Bertz CT molecular complexity index is 780. The first-order valence-corrected chi connectivity index (χ1v) is 10.9. The molecule has 138 valence electrons. The number of piperazine rings is 1. The molecule has 1 saturated heterocycles. The van der Waals surface area contributed by atoms with E-state index in [-0.39, 0.29) is 0 Å². The van der Waals surface area contributed by atoms with Crippen LogP contribution in [0.15, 0.2) is 29.6 Å². The van der Waals surface area contributed by atoms with Gasteiger partial charge < -0.3 is 10.2 Å². The van der Waals surface area contributed by atoms with Gasteiger partial charge in [0.05, 0.1) is 0 Å². The highest BCUT2D eigenvalue weighted by molar-refractivity contribution is 7.17. The lowest BCUT2D eigenvalue weighted by molar-refractivity contribution is 0.211. The maximum atomic E-state index is 12.1. The number of thiophene rings is 1. The standard InChI is InChI=1S/C22H28N2OS/c25-15-20(21-16-26-22-8-4-3-7-19(21)22)18(13-17-5-1-2-6-17)14-24-11-9-23-10-12-24/h3-4,7-8,16-18,23H,1-2,5-6,9-14H2. The van der Waals surface area contributed by atoms with Crippen molar-refractivity contribution in [1.29, 1.82) is 0 Å². The van der Waals surface area contributed by atoms with E-state index in [1.165, 1.54) is 35.8 Å². The van der Waals surface area contributed by atoms with Crippen LogP contribution in [0.3, 0.4) is 0 Å². The number of nitrogens with one attached hydrogen (secondary N) is 1. The molecule has 0 spiro atoms. The molecule has 3 nitrogen and oxygen atoms in total. The van der Waals surface area contributed by atoms with E-state index in [1.807, 2.05) is 0 Å². The zero-order valence-corrected chi connectivity index (χ0v) is 16.2. The number of nitrogens with zero attached hydrogens (tertiary/aromatic N) is 1. The summed E-state index contributed by atoms with van der Waals surface area (Å²) in [4.78, 5) is 14.6.